The van der Waals surface area contributed by atoms with Crippen LogP contribution in [0.1, 0.15) is 31.6 Å². The van der Waals surface area contributed by atoms with Gasteiger partial charge in [0.05, 0.1) is 16.8 Å². The highest BCUT2D eigenvalue weighted by Gasteiger charge is 2.17. The number of hydrogen-bond donors (Lipinski definition) is 1. The van der Waals surface area contributed by atoms with E-state index in [-0.39, 0.29) is 6.04 Å². The lowest BCUT2D eigenvalue weighted by Crippen LogP contribution is -2.29. The molecule has 0 saturated carbocycles. The second kappa shape index (κ2) is 4.32. The van der Waals surface area contributed by atoms with Gasteiger partial charge in [-0.2, -0.15) is 0 Å². The van der Waals surface area contributed by atoms with Gasteiger partial charge in [0.25, 0.3) is 0 Å². The van der Waals surface area contributed by atoms with Crippen molar-refractivity contribution in [2.75, 3.05) is 0 Å². The van der Waals surface area contributed by atoms with Crippen molar-refractivity contribution in [3.63, 3.8) is 0 Å². The highest BCUT2D eigenvalue weighted by Crippen LogP contribution is 2.25. The van der Waals surface area contributed by atoms with Crippen LogP contribution in [0.5, 0.6) is 0 Å². The summed E-state index contributed by atoms with van der Waals surface area (Å²) < 4.78 is 6.45. The molecule has 76 valence electrons. The molecule has 1 aromatic heterocycles. The zero-order chi connectivity index (χ0) is 9.97. The van der Waals surface area contributed by atoms with Crippen LogP contribution in [-0.4, -0.2) is 6.04 Å². The summed E-state index contributed by atoms with van der Waals surface area (Å²) in [5.74, 6) is 0.983. The molecule has 1 unspecified atom stereocenters. The van der Waals surface area contributed by atoms with Crippen molar-refractivity contribution >= 4 is 15.9 Å². The summed E-state index contributed by atoms with van der Waals surface area (Å²) in [6, 6.07) is 2.77. The maximum absolute atomic E-state index is 5.41. The van der Waals surface area contributed by atoms with Crippen LogP contribution < -0.4 is 5.32 Å². The normalized spacial score (nSPS) is 19.0. The van der Waals surface area contributed by atoms with Crippen LogP contribution in [0.4, 0.5) is 0 Å². The molecule has 1 aliphatic rings. The van der Waals surface area contributed by atoms with Crippen molar-refractivity contribution in [3.05, 3.63) is 34.7 Å². The Hall–Kier alpha value is -0.540. The molecule has 1 atom stereocenters. The predicted molar refractivity (Wildman–Crippen MR) is 60.1 cm³/mol. The van der Waals surface area contributed by atoms with Crippen LogP contribution >= 0.6 is 15.9 Å². The van der Waals surface area contributed by atoms with E-state index in [2.05, 4.69) is 40.3 Å². The van der Waals surface area contributed by atoms with Gasteiger partial charge in [0.2, 0.25) is 0 Å². The van der Waals surface area contributed by atoms with Gasteiger partial charge in [0, 0.05) is 6.04 Å². The molecular formula is C11H14BrNO. The fraction of sp³-hybridized carbons (Fsp3) is 0.455. The van der Waals surface area contributed by atoms with Gasteiger partial charge in [0.15, 0.2) is 0 Å². The molecule has 0 aliphatic heterocycles. The number of rotatable bonds is 3. The fourth-order valence-electron chi connectivity index (χ4n) is 1.80. The predicted octanol–water partition coefficient (Wildman–Crippen LogP) is 3.41. The molecule has 0 fully saturated rings. The van der Waals surface area contributed by atoms with E-state index in [0.717, 1.165) is 23.1 Å². The monoisotopic (exact) mass is 255 g/mol. The van der Waals surface area contributed by atoms with Crippen LogP contribution in [0.3, 0.4) is 0 Å². The first-order chi connectivity index (χ1) is 6.77. The third-order valence-corrected chi connectivity index (χ3v) is 3.19. The van der Waals surface area contributed by atoms with Crippen molar-refractivity contribution in [2.45, 2.75) is 31.8 Å². The molecule has 0 saturated heterocycles. The number of nitrogens with one attached hydrogen (secondary N) is 1. The second-order valence-corrected chi connectivity index (χ2v) is 4.52. The summed E-state index contributed by atoms with van der Waals surface area (Å²) in [6.45, 7) is 2.13. The first-order valence-electron chi connectivity index (χ1n) is 4.91. The van der Waals surface area contributed by atoms with Crippen LogP contribution in [0, 0.1) is 0 Å². The third kappa shape index (κ3) is 2.10. The molecule has 1 aliphatic carbocycles. The standard InChI is InChI=1S/C11H14BrNO/c1-8(11-10(12)6-7-14-11)13-9-4-2-3-5-9/h2-3,6-9,13H,4-5H2,1H3. The molecule has 1 heterocycles. The minimum atomic E-state index is 0.268. The average molecular weight is 256 g/mol. The minimum Gasteiger partial charge on any atom is -0.466 e. The van der Waals surface area contributed by atoms with Crippen molar-refractivity contribution in [3.8, 4) is 0 Å². The highest BCUT2D eigenvalue weighted by molar-refractivity contribution is 9.10. The first kappa shape index (κ1) is 9.99. The molecule has 14 heavy (non-hydrogen) atoms. The van der Waals surface area contributed by atoms with Crippen LogP contribution in [0.15, 0.2) is 33.4 Å². The van der Waals surface area contributed by atoms with Gasteiger partial charge >= 0.3 is 0 Å². The molecule has 0 spiro atoms. The molecule has 0 bridgehead atoms. The molecule has 1 aromatic rings. The lowest BCUT2D eigenvalue weighted by Gasteiger charge is -2.17. The summed E-state index contributed by atoms with van der Waals surface area (Å²) in [6.07, 6.45) is 8.42. The molecule has 3 heteroatoms. The van der Waals surface area contributed by atoms with E-state index in [1.54, 1.807) is 6.26 Å². The van der Waals surface area contributed by atoms with Gasteiger partial charge in [-0.25, -0.2) is 0 Å². The van der Waals surface area contributed by atoms with Gasteiger partial charge in [0.1, 0.15) is 5.76 Å². The van der Waals surface area contributed by atoms with Crippen LogP contribution in [0.25, 0.3) is 0 Å². The third-order valence-electron chi connectivity index (χ3n) is 2.53. The maximum Gasteiger partial charge on any atom is 0.134 e. The lowest BCUT2D eigenvalue weighted by atomic mass is 10.2. The SMILES string of the molecule is CC(NC1CC=CC1)c1occc1Br. The first-order valence-corrected chi connectivity index (χ1v) is 5.70. The molecule has 0 amide bonds. The van der Waals surface area contributed by atoms with E-state index in [9.17, 15) is 0 Å². The Kier molecular flexibility index (Phi) is 3.08. The summed E-state index contributed by atoms with van der Waals surface area (Å²) in [5.41, 5.74) is 0. The second-order valence-electron chi connectivity index (χ2n) is 3.66. The van der Waals surface area contributed by atoms with Gasteiger partial charge in [-0.05, 0) is 41.8 Å². The molecular weight excluding hydrogens is 242 g/mol. The topological polar surface area (TPSA) is 25.2 Å². The number of furan rings is 1. The summed E-state index contributed by atoms with van der Waals surface area (Å²) in [4.78, 5) is 0. The van der Waals surface area contributed by atoms with E-state index >= 15 is 0 Å². The van der Waals surface area contributed by atoms with E-state index in [1.807, 2.05) is 6.07 Å². The Morgan fingerprint density at radius 3 is 2.79 bits per heavy atom. The summed E-state index contributed by atoms with van der Waals surface area (Å²) >= 11 is 3.47. The average Bonchev–Trinajstić information content (AvgIpc) is 2.75. The molecule has 0 aromatic carbocycles. The molecule has 2 nitrogen and oxygen atoms in total. The Labute approximate surface area is 92.5 Å². The van der Waals surface area contributed by atoms with E-state index < -0.39 is 0 Å². The number of halogens is 1. The van der Waals surface area contributed by atoms with Crippen molar-refractivity contribution in [1.29, 1.82) is 0 Å². The van der Waals surface area contributed by atoms with E-state index in [0.29, 0.717) is 6.04 Å². The van der Waals surface area contributed by atoms with Crippen molar-refractivity contribution < 1.29 is 4.42 Å². The smallest absolute Gasteiger partial charge is 0.134 e. The van der Waals surface area contributed by atoms with Crippen molar-refractivity contribution in [1.82, 2.24) is 5.32 Å². The minimum absolute atomic E-state index is 0.268. The highest BCUT2D eigenvalue weighted by atomic mass is 79.9. The largest absolute Gasteiger partial charge is 0.466 e. The Balaban J connectivity index is 1.95. The van der Waals surface area contributed by atoms with Crippen LogP contribution in [-0.2, 0) is 0 Å². The quantitative estimate of drug-likeness (QED) is 0.838. The van der Waals surface area contributed by atoms with Crippen LogP contribution in [0.2, 0.25) is 0 Å². The zero-order valence-corrected chi connectivity index (χ0v) is 9.75. The Morgan fingerprint density at radius 2 is 2.21 bits per heavy atom. The summed E-state index contributed by atoms with van der Waals surface area (Å²) in [5, 5.41) is 3.54. The Morgan fingerprint density at radius 1 is 1.50 bits per heavy atom. The number of hydrogen-bond acceptors (Lipinski definition) is 2. The molecule has 2 rings (SSSR count). The molecule has 0 radical (unpaired) electrons. The lowest BCUT2D eigenvalue weighted by molar-refractivity contribution is 0.392. The zero-order valence-electron chi connectivity index (χ0n) is 8.16. The van der Waals surface area contributed by atoms with E-state index in [1.165, 1.54) is 0 Å². The fourth-order valence-corrected chi connectivity index (χ4v) is 2.34. The maximum atomic E-state index is 5.41. The van der Waals surface area contributed by atoms with Crippen molar-refractivity contribution in [2.24, 2.45) is 0 Å². The van der Waals surface area contributed by atoms with Gasteiger partial charge in [-0.1, -0.05) is 12.2 Å². The Bertz CT molecular complexity index is 324. The van der Waals surface area contributed by atoms with Gasteiger partial charge in [-0.3, -0.25) is 0 Å². The van der Waals surface area contributed by atoms with Gasteiger partial charge < -0.3 is 9.73 Å². The van der Waals surface area contributed by atoms with Gasteiger partial charge in [-0.15, -0.1) is 0 Å². The van der Waals surface area contributed by atoms with E-state index in [4.69, 9.17) is 4.42 Å². The molecule has 1 N–H and O–H groups in total. The summed E-state index contributed by atoms with van der Waals surface area (Å²) in [7, 11) is 0.